The molecule has 2 aromatic carbocycles. The van der Waals surface area contributed by atoms with Crippen molar-refractivity contribution in [1.82, 2.24) is 15.6 Å². The van der Waals surface area contributed by atoms with Crippen molar-refractivity contribution in [3.63, 3.8) is 0 Å². The summed E-state index contributed by atoms with van der Waals surface area (Å²) in [5.41, 5.74) is 2.30. The van der Waals surface area contributed by atoms with Gasteiger partial charge in [0.25, 0.3) is 11.5 Å². The van der Waals surface area contributed by atoms with Crippen LogP contribution in [0.3, 0.4) is 0 Å². The van der Waals surface area contributed by atoms with Gasteiger partial charge in [-0.3, -0.25) is 9.59 Å². The molecule has 0 radical (unpaired) electrons. The number of aromatic carboxylic acids is 1. The number of carbonyl (C=O) groups excluding carboxylic acids is 1. The minimum absolute atomic E-state index is 0.0128. The number of carboxylic acid groups (broad SMARTS) is 1. The lowest BCUT2D eigenvalue weighted by Gasteiger charge is -2.03. The fourth-order valence-electron chi connectivity index (χ4n) is 2.31. The Morgan fingerprint density at radius 2 is 1.76 bits per heavy atom. The molecule has 0 saturated heterocycles. The van der Waals surface area contributed by atoms with Gasteiger partial charge in [0.15, 0.2) is 5.69 Å². The number of aromatic nitrogens is 2. The lowest BCUT2D eigenvalue weighted by Crippen LogP contribution is -2.22. The number of nitrogens with zero attached hydrogens (tertiary/aromatic N) is 2. The van der Waals surface area contributed by atoms with Gasteiger partial charge in [0.1, 0.15) is 0 Å². The number of fused-ring (bicyclic) bond motifs is 1. The molecule has 0 atom stereocenters. The zero-order valence-electron chi connectivity index (χ0n) is 12.8. The summed E-state index contributed by atoms with van der Waals surface area (Å²) in [6, 6.07) is 12.8. The Bertz CT molecular complexity index is 1060. The minimum atomic E-state index is -1.10. The molecule has 3 aromatic rings. The highest BCUT2D eigenvalue weighted by Crippen LogP contribution is 2.12. The summed E-state index contributed by atoms with van der Waals surface area (Å²) in [5.74, 6) is -1.72. The van der Waals surface area contributed by atoms with E-state index in [0.29, 0.717) is 16.3 Å². The summed E-state index contributed by atoms with van der Waals surface area (Å²) in [4.78, 5) is 35.1. The number of aromatic amines is 1. The molecule has 8 nitrogen and oxygen atoms in total. The second-order valence-electron chi connectivity index (χ2n) is 5.04. The first kappa shape index (κ1) is 16.1. The Balaban J connectivity index is 1.86. The highest BCUT2D eigenvalue weighted by atomic mass is 16.4. The van der Waals surface area contributed by atoms with Crippen LogP contribution >= 0.6 is 0 Å². The number of hydrogen-bond acceptors (Lipinski definition) is 5. The van der Waals surface area contributed by atoms with E-state index in [0.717, 1.165) is 0 Å². The highest BCUT2D eigenvalue weighted by molar-refractivity contribution is 6.05. The molecular weight excluding hydrogens is 324 g/mol. The molecule has 1 heterocycles. The summed E-state index contributed by atoms with van der Waals surface area (Å²) in [6.07, 6.45) is 1.23. The highest BCUT2D eigenvalue weighted by Gasteiger charge is 2.13. The van der Waals surface area contributed by atoms with Crippen molar-refractivity contribution in [2.45, 2.75) is 0 Å². The summed E-state index contributed by atoms with van der Waals surface area (Å²) in [6.45, 7) is 0. The standard InChI is InChI=1S/C17H12N4O4/c22-15-13-8-4-3-7-12(13)14(19-21-15)16(23)20-18-9-10-5-1-2-6-11(10)17(24)25/h1-9H,(H,20,23)(H,21,22)(H,24,25)/b18-9-. The van der Waals surface area contributed by atoms with Crippen molar-refractivity contribution in [2.75, 3.05) is 0 Å². The maximum atomic E-state index is 12.3. The molecule has 0 unspecified atom stereocenters. The zero-order chi connectivity index (χ0) is 17.8. The van der Waals surface area contributed by atoms with Crippen molar-refractivity contribution in [3.05, 3.63) is 75.7 Å². The molecule has 0 aliphatic heterocycles. The van der Waals surface area contributed by atoms with Crippen molar-refractivity contribution in [3.8, 4) is 0 Å². The fraction of sp³-hybridized carbons (Fsp3) is 0. The SMILES string of the molecule is O=C(O)c1ccccc1/C=N\NC(=O)c1n[nH]c(=O)c2ccccc12. The van der Waals surface area contributed by atoms with Crippen molar-refractivity contribution < 1.29 is 14.7 Å². The Hall–Kier alpha value is -3.81. The molecule has 8 heteroatoms. The molecule has 0 saturated carbocycles. The summed E-state index contributed by atoms with van der Waals surface area (Å²) in [5, 5.41) is 19.6. The topological polar surface area (TPSA) is 125 Å². The van der Waals surface area contributed by atoms with E-state index in [-0.39, 0.29) is 11.3 Å². The van der Waals surface area contributed by atoms with E-state index in [1.54, 1.807) is 42.5 Å². The number of benzene rings is 2. The second kappa shape index (κ2) is 6.75. The molecule has 1 aromatic heterocycles. The van der Waals surface area contributed by atoms with Crippen LogP contribution in [-0.4, -0.2) is 33.4 Å². The number of nitrogens with one attached hydrogen (secondary N) is 2. The van der Waals surface area contributed by atoms with Gasteiger partial charge in [-0.05, 0) is 12.1 Å². The second-order valence-corrected chi connectivity index (χ2v) is 5.04. The summed E-state index contributed by atoms with van der Waals surface area (Å²) in [7, 11) is 0. The van der Waals surface area contributed by atoms with E-state index in [1.807, 2.05) is 0 Å². The van der Waals surface area contributed by atoms with Crippen LogP contribution in [0.4, 0.5) is 0 Å². The number of hydrogen-bond donors (Lipinski definition) is 3. The largest absolute Gasteiger partial charge is 0.478 e. The maximum Gasteiger partial charge on any atom is 0.336 e. The van der Waals surface area contributed by atoms with Gasteiger partial charge in [-0.15, -0.1) is 0 Å². The predicted molar refractivity (Wildman–Crippen MR) is 90.8 cm³/mol. The van der Waals surface area contributed by atoms with Gasteiger partial charge in [-0.2, -0.15) is 10.2 Å². The molecular formula is C17H12N4O4. The van der Waals surface area contributed by atoms with Crippen LogP contribution in [0.2, 0.25) is 0 Å². The number of rotatable bonds is 4. The molecule has 0 bridgehead atoms. The number of carboxylic acids is 1. The third-order valence-corrected chi connectivity index (χ3v) is 3.47. The first-order valence-corrected chi connectivity index (χ1v) is 7.21. The smallest absolute Gasteiger partial charge is 0.336 e. The molecule has 0 aliphatic rings. The van der Waals surface area contributed by atoms with E-state index >= 15 is 0 Å². The lowest BCUT2D eigenvalue weighted by atomic mass is 10.1. The first-order valence-electron chi connectivity index (χ1n) is 7.21. The van der Waals surface area contributed by atoms with Gasteiger partial charge in [0, 0.05) is 10.9 Å². The minimum Gasteiger partial charge on any atom is -0.478 e. The third-order valence-electron chi connectivity index (χ3n) is 3.47. The molecule has 0 aliphatic carbocycles. The average Bonchev–Trinajstić information content (AvgIpc) is 2.62. The molecule has 0 fully saturated rings. The third kappa shape index (κ3) is 3.27. The lowest BCUT2D eigenvalue weighted by molar-refractivity contribution is 0.0696. The fourth-order valence-corrected chi connectivity index (χ4v) is 2.31. The van der Waals surface area contributed by atoms with Crippen LogP contribution in [0.5, 0.6) is 0 Å². The Morgan fingerprint density at radius 3 is 2.52 bits per heavy atom. The van der Waals surface area contributed by atoms with Crippen LogP contribution in [0.1, 0.15) is 26.4 Å². The monoisotopic (exact) mass is 336 g/mol. The molecule has 3 rings (SSSR count). The van der Waals surface area contributed by atoms with Gasteiger partial charge in [0.05, 0.1) is 17.2 Å². The molecule has 124 valence electrons. The number of carbonyl (C=O) groups is 2. The number of H-pyrrole nitrogens is 1. The number of hydrazone groups is 1. The normalized spacial score (nSPS) is 10.9. The molecule has 3 N–H and O–H groups in total. The summed E-state index contributed by atoms with van der Waals surface area (Å²) < 4.78 is 0. The van der Waals surface area contributed by atoms with Crippen molar-refractivity contribution in [1.29, 1.82) is 0 Å². The molecule has 0 spiro atoms. The van der Waals surface area contributed by atoms with Crippen molar-refractivity contribution >= 4 is 28.9 Å². The zero-order valence-corrected chi connectivity index (χ0v) is 12.8. The first-order chi connectivity index (χ1) is 12.1. The van der Waals surface area contributed by atoms with Crippen LogP contribution in [0, 0.1) is 0 Å². The van der Waals surface area contributed by atoms with Gasteiger partial charge < -0.3 is 5.11 Å². The Morgan fingerprint density at radius 1 is 1.08 bits per heavy atom. The Kier molecular flexibility index (Phi) is 4.34. The quantitative estimate of drug-likeness (QED) is 0.490. The maximum absolute atomic E-state index is 12.3. The van der Waals surface area contributed by atoms with E-state index in [9.17, 15) is 14.4 Å². The molecule has 1 amide bonds. The summed E-state index contributed by atoms with van der Waals surface area (Å²) >= 11 is 0. The predicted octanol–water partition coefficient (Wildman–Crippen LogP) is 1.39. The van der Waals surface area contributed by atoms with Gasteiger partial charge in [-0.1, -0.05) is 36.4 Å². The van der Waals surface area contributed by atoms with Gasteiger partial charge in [0.2, 0.25) is 0 Å². The average molecular weight is 336 g/mol. The van der Waals surface area contributed by atoms with E-state index in [1.165, 1.54) is 12.3 Å². The van der Waals surface area contributed by atoms with Gasteiger partial charge >= 0.3 is 5.97 Å². The van der Waals surface area contributed by atoms with Crippen LogP contribution in [0.15, 0.2) is 58.4 Å². The van der Waals surface area contributed by atoms with Crippen LogP contribution < -0.4 is 11.0 Å². The molecule has 25 heavy (non-hydrogen) atoms. The Labute approximate surface area is 140 Å². The van der Waals surface area contributed by atoms with Crippen LogP contribution in [0.25, 0.3) is 10.8 Å². The van der Waals surface area contributed by atoms with Crippen LogP contribution in [-0.2, 0) is 0 Å². The van der Waals surface area contributed by atoms with Crippen molar-refractivity contribution in [2.24, 2.45) is 5.10 Å². The number of amides is 1. The van der Waals surface area contributed by atoms with E-state index in [4.69, 9.17) is 5.11 Å². The van der Waals surface area contributed by atoms with E-state index in [2.05, 4.69) is 20.7 Å². The van der Waals surface area contributed by atoms with E-state index < -0.39 is 17.4 Å². The van der Waals surface area contributed by atoms with Gasteiger partial charge in [-0.25, -0.2) is 15.3 Å².